The van der Waals surface area contributed by atoms with E-state index in [1.54, 1.807) is 0 Å². The molecule has 1 saturated carbocycles. The molecule has 3 rings (SSSR count). The topological polar surface area (TPSA) is 50.4 Å². The van der Waals surface area contributed by atoms with Crippen molar-refractivity contribution in [3.63, 3.8) is 0 Å². The maximum Gasteiger partial charge on any atom is 0.223 e. The summed E-state index contributed by atoms with van der Waals surface area (Å²) in [7, 11) is 0. The molecule has 3 aliphatic rings. The summed E-state index contributed by atoms with van der Waals surface area (Å²) >= 11 is 0. The van der Waals surface area contributed by atoms with Crippen LogP contribution in [0, 0.1) is 22.7 Å². The normalized spacial score (nSPS) is 34.4. The second-order valence-corrected chi connectivity index (χ2v) is 8.67. The number of carbonyl (C=O) groups excluding carboxylic acids is 1. The first-order valence-electron chi connectivity index (χ1n) is 9.02. The van der Waals surface area contributed by atoms with Gasteiger partial charge in [-0.1, -0.05) is 20.8 Å². The third kappa shape index (κ3) is 3.33. The summed E-state index contributed by atoms with van der Waals surface area (Å²) < 4.78 is 6.01. The van der Waals surface area contributed by atoms with Crippen molar-refractivity contribution >= 4 is 5.91 Å². The highest BCUT2D eigenvalue weighted by Crippen LogP contribution is 2.58. The average Bonchev–Trinajstić information content (AvgIpc) is 3.18. The van der Waals surface area contributed by atoms with Crippen LogP contribution >= 0.6 is 0 Å². The summed E-state index contributed by atoms with van der Waals surface area (Å²) in [5.74, 6) is 1.02. The smallest absolute Gasteiger partial charge is 0.223 e. The number of hydrogen-bond acceptors (Lipinski definition) is 3. The number of ether oxygens (including phenoxy) is 1. The number of hydrogen-bond donors (Lipinski definition) is 2. The van der Waals surface area contributed by atoms with Crippen LogP contribution in [0.2, 0.25) is 0 Å². The Balaban J connectivity index is 1.50. The van der Waals surface area contributed by atoms with Crippen molar-refractivity contribution < 1.29 is 9.53 Å². The highest BCUT2D eigenvalue weighted by molar-refractivity contribution is 5.82. The Labute approximate surface area is 134 Å². The molecular formula is C18H32N2O2. The van der Waals surface area contributed by atoms with E-state index in [1.165, 1.54) is 19.3 Å². The lowest BCUT2D eigenvalue weighted by Crippen LogP contribution is -2.45. The van der Waals surface area contributed by atoms with Crippen LogP contribution in [0.1, 0.15) is 52.9 Å². The van der Waals surface area contributed by atoms with Gasteiger partial charge in [0.15, 0.2) is 0 Å². The van der Waals surface area contributed by atoms with Gasteiger partial charge in [-0.3, -0.25) is 4.79 Å². The van der Waals surface area contributed by atoms with E-state index in [0.717, 1.165) is 39.1 Å². The molecule has 2 saturated heterocycles. The van der Waals surface area contributed by atoms with Crippen LogP contribution in [0.4, 0.5) is 0 Å². The maximum absolute atomic E-state index is 12.5. The monoisotopic (exact) mass is 308 g/mol. The first-order chi connectivity index (χ1) is 10.4. The van der Waals surface area contributed by atoms with Crippen LogP contribution in [0.3, 0.4) is 0 Å². The van der Waals surface area contributed by atoms with Gasteiger partial charge in [0, 0.05) is 25.0 Å². The van der Waals surface area contributed by atoms with E-state index >= 15 is 0 Å². The van der Waals surface area contributed by atoms with Gasteiger partial charge in [0.1, 0.15) is 0 Å². The summed E-state index contributed by atoms with van der Waals surface area (Å²) in [5.41, 5.74) is 0.480. The van der Waals surface area contributed by atoms with Crippen LogP contribution in [-0.4, -0.2) is 38.3 Å². The minimum Gasteiger partial charge on any atom is -0.377 e. The number of rotatable bonds is 3. The van der Waals surface area contributed by atoms with Crippen LogP contribution in [0.5, 0.6) is 0 Å². The summed E-state index contributed by atoms with van der Waals surface area (Å²) in [4.78, 5) is 12.5. The summed E-state index contributed by atoms with van der Waals surface area (Å²) in [6.07, 6.45) is 5.98. The van der Waals surface area contributed by atoms with Gasteiger partial charge in [0.25, 0.3) is 0 Å². The highest BCUT2D eigenvalue weighted by Gasteiger charge is 2.57. The van der Waals surface area contributed by atoms with Gasteiger partial charge in [0.2, 0.25) is 5.91 Å². The Kier molecular flexibility index (Phi) is 4.52. The zero-order valence-electron chi connectivity index (χ0n) is 14.4. The molecule has 3 fully saturated rings. The third-order valence-corrected chi connectivity index (χ3v) is 5.94. The fourth-order valence-electron chi connectivity index (χ4n) is 4.56. The zero-order chi connectivity index (χ0) is 15.8. The summed E-state index contributed by atoms with van der Waals surface area (Å²) in [6, 6.07) is 0. The Morgan fingerprint density at radius 1 is 1.32 bits per heavy atom. The molecule has 0 aromatic carbocycles. The van der Waals surface area contributed by atoms with E-state index in [4.69, 9.17) is 4.74 Å². The van der Waals surface area contributed by atoms with E-state index in [1.807, 2.05) is 0 Å². The number of piperidine rings is 1. The molecular weight excluding hydrogens is 276 g/mol. The molecule has 2 heterocycles. The molecule has 1 spiro atoms. The quantitative estimate of drug-likeness (QED) is 0.841. The van der Waals surface area contributed by atoms with Crippen molar-refractivity contribution in [1.82, 2.24) is 10.6 Å². The number of carbonyl (C=O) groups is 1. The highest BCUT2D eigenvalue weighted by atomic mass is 16.5. The molecule has 3 atom stereocenters. The van der Waals surface area contributed by atoms with Gasteiger partial charge in [-0.05, 0) is 56.0 Å². The predicted molar refractivity (Wildman–Crippen MR) is 87.6 cm³/mol. The predicted octanol–water partition coefficient (Wildman–Crippen LogP) is 2.33. The standard InChI is InChI=1S/C18H32N2O2/c1-17(2,3)15-13(5-4-10-22-15)12-20-16(21)14-11-18(14)6-8-19-9-7-18/h13-15,19H,4-12H2,1-3H3,(H,20,21). The third-order valence-electron chi connectivity index (χ3n) is 5.94. The van der Waals surface area contributed by atoms with Gasteiger partial charge >= 0.3 is 0 Å². The van der Waals surface area contributed by atoms with Gasteiger partial charge in [-0.2, -0.15) is 0 Å². The van der Waals surface area contributed by atoms with Crippen molar-refractivity contribution in [2.24, 2.45) is 22.7 Å². The second kappa shape index (κ2) is 6.12. The molecule has 4 heteroatoms. The number of amides is 1. The first-order valence-corrected chi connectivity index (χ1v) is 9.02. The molecule has 22 heavy (non-hydrogen) atoms. The summed E-state index contributed by atoms with van der Waals surface area (Å²) in [5, 5.41) is 6.65. The van der Waals surface area contributed by atoms with E-state index in [0.29, 0.717) is 17.2 Å². The minimum absolute atomic E-state index is 0.145. The Morgan fingerprint density at radius 3 is 2.73 bits per heavy atom. The molecule has 0 aromatic heterocycles. The fourth-order valence-corrected chi connectivity index (χ4v) is 4.56. The molecule has 0 bridgehead atoms. The SMILES string of the molecule is CC(C)(C)C1OCCCC1CNC(=O)C1CC12CCNCC2. The molecule has 0 radical (unpaired) electrons. The van der Waals surface area contributed by atoms with Crippen LogP contribution in [-0.2, 0) is 9.53 Å². The van der Waals surface area contributed by atoms with Crippen molar-refractivity contribution in [2.75, 3.05) is 26.2 Å². The van der Waals surface area contributed by atoms with Crippen molar-refractivity contribution in [2.45, 2.75) is 59.0 Å². The largest absolute Gasteiger partial charge is 0.377 e. The number of nitrogens with one attached hydrogen (secondary N) is 2. The molecule has 2 aliphatic heterocycles. The Bertz CT molecular complexity index is 410. The maximum atomic E-state index is 12.5. The molecule has 3 unspecified atom stereocenters. The van der Waals surface area contributed by atoms with E-state index in [2.05, 4.69) is 31.4 Å². The molecule has 2 N–H and O–H groups in total. The van der Waals surface area contributed by atoms with Crippen LogP contribution in [0.25, 0.3) is 0 Å². The lowest BCUT2D eigenvalue weighted by molar-refractivity contribution is -0.125. The van der Waals surface area contributed by atoms with Gasteiger partial charge in [-0.25, -0.2) is 0 Å². The van der Waals surface area contributed by atoms with E-state index < -0.39 is 0 Å². The van der Waals surface area contributed by atoms with Crippen molar-refractivity contribution in [3.05, 3.63) is 0 Å². The lowest BCUT2D eigenvalue weighted by Gasteiger charge is -2.40. The Hall–Kier alpha value is -0.610. The van der Waals surface area contributed by atoms with E-state index in [-0.39, 0.29) is 17.4 Å². The fraction of sp³-hybridized carbons (Fsp3) is 0.944. The molecule has 4 nitrogen and oxygen atoms in total. The van der Waals surface area contributed by atoms with Crippen molar-refractivity contribution in [3.8, 4) is 0 Å². The minimum atomic E-state index is 0.145. The van der Waals surface area contributed by atoms with E-state index in [9.17, 15) is 4.79 Å². The zero-order valence-corrected chi connectivity index (χ0v) is 14.4. The van der Waals surface area contributed by atoms with Gasteiger partial charge in [-0.15, -0.1) is 0 Å². The van der Waals surface area contributed by atoms with Crippen molar-refractivity contribution in [1.29, 1.82) is 0 Å². The molecule has 126 valence electrons. The molecule has 1 amide bonds. The first kappa shape index (κ1) is 16.3. The van der Waals surface area contributed by atoms with Gasteiger partial charge < -0.3 is 15.4 Å². The average molecular weight is 308 g/mol. The van der Waals surface area contributed by atoms with Crippen LogP contribution in [0.15, 0.2) is 0 Å². The lowest BCUT2D eigenvalue weighted by atomic mass is 9.78. The molecule has 0 aromatic rings. The second-order valence-electron chi connectivity index (χ2n) is 8.67. The van der Waals surface area contributed by atoms with Gasteiger partial charge in [0.05, 0.1) is 6.10 Å². The summed E-state index contributed by atoms with van der Waals surface area (Å²) in [6.45, 7) is 10.5. The Morgan fingerprint density at radius 2 is 2.05 bits per heavy atom. The molecule has 1 aliphatic carbocycles. The van der Waals surface area contributed by atoms with Crippen LogP contribution < -0.4 is 10.6 Å².